The summed E-state index contributed by atoms with van der Waals surface area (Å²) in [5.74, 6) is -1.90. The number of ether oxygens (including phenoxy) is 2. The van der Waals surface area contributed by atoms with Gasteiger partial charge in [-0.25, -0.2) is 9.59 Å². The van der Waals surface area contributed by atoms with E-state index in [2.05, 4.69) is 22.8 Å². The number of carbonyl (C=O) groups is 3. The van der Waals surface area contributed by atoms with Gasteiger partial charge in [-0.3, -0.25) is 4.79 Å². The van der Waals surface area contributed by atoms with Crippen LogP contribution in [0.5, 0.6) is 0 Å². The summed E-state index contributed by atoms with van der Waals surface area (Å²) in [6, 6.07) is 13.9. The Labute approximate surface area is 186 Å². The minimum atomic E-state index is -1.21. The SMILES string of the molecule is CCC[C@@H](NC(=O)OCC1c2ccccc2-c2ccccc21)C(=O)N[C@@H](COC)C(=O)O. The number of benzene rings is 2. The highest BCUT2D eigenvalue weighted by molar-refractivity contribution is 5.89. The summed E-state index contributed by atoms with van der Waals surface area (Å²) < 4.78 is 10.3. The fourth-order valence-electron chi connectivity index (χ4n) is 3.95. The van der Waals surface area contributed by atoms with Crippen molar-refractivity contribution in [2.45, 2.75) is 37.8 Å². The topological polar surface area (TPSA) is 114 Å². The van der Waals surface area contributed by atoms with E-state index in [0.717, 1.165) is 22.3 Å². The molecule has 0 aliphatic heterocycles. The van der Waals surface area contributed by atoms with Gasteiger partial charge in [0.05, 0.1) is 6.61 Å². The number of carboxylic acids is 1. The molecule has 0 fully saturated rings. The van der Waals surface area contributed by atoms with Crippen molar-refractivity contribution in [2.75, 3.05) is 20.3 Å². The molecule has 2 amide bonds. The van der Waals surface area contributed by atoms with Gasteiger partial charge in [-0.2, -0.15) is 0 Å². The van der Waals surface area contributed by atoms with Crippen LogP contribution in [0.3, 0.4) is 0 Å². The Morgan fingerprint density at radius 2 is 1.56 bits per heavy atom. The van der Waals surface area contributed by atoms with Gasteiger partial charge in [0.1, 0.15) is 12.6 Å². The van der Waals surface area contributed by atoms with Crippen molar-refractivity contribution in [1.82, 2.24) is 10.6 Å². The molecule has 32 heavy (non-hydrogen) atoms. The zero-order valence-electron chi connectivity index (χ0n) is 18.2. The highest BCUT2D eigenvalue weighted by Crippen LogP contribution is 2.44. The summed E-state index contributed by atoms with van der Waals surface area (Å²) in [6.07, 6.45) is 0.234. The first-order valence-corrected chi connectivity index (χ1v) is 10.6. The molecule has 8 heteroatoms. The lowest BCUT2D eigenvalue weighted by Crippen LogP contribution is -2.53. The predicted octanol–water partition coefficient (Wildman–Crippen LogP) is 2.91. The Morgan fingerprint density at radius 3 is 2.09 bits per heavy atom. The number of alkyl carbamates (subject to hydrolysis) is 1. The Hall–Kier alpha value is -3.39. The fourth-order valence-corrected chi connectivity index (χ4v) is 3.95. The highest BCUT2D eigenvalue weighted by atomic mass is 16.5. The zero-order chi connectivity index (χ0) is 23.1. The minimum absolute atomic E-state index is 0.0929. The van der Waals surface area contributed by atoms with Gasteiger partial charge >= 0.3 is 12.1 Å². The first kappa shape index (κ1) is 23.3. The molecule has 0 unspecified atom stereocenters. The van der Waals surface area contributed by atoms with E-state index in [0.29, 0.717) is 12.8 Å². The molecule has 170 valence electrons. The first-order chi connectivity index (χ1) is 15.5. The smallest absolute Gasteiger partial charge is 0.407 e. The highest BCUT2D eigenvalue weighted by Gasteiger charge is 2.30. The third-order valence-corrected chi connectivity index (χ3v) is 5.48. The second kappa shape index (κ2) is 10.8. The predicted molar refractivity (Wildman–Crippen MR) is 118 cm³/mol. The van der Waals surface area contributed by atoms with Crippen LogP contribution in [-0.2, 0) is 19.1 Å². The van der Waals surface area contributed by atoms with Crippen LogP contribution >= 0.6 is 0 Å². The summed E-state index contributed by atoms with van der Waals surface area (Å²) in [7, 11) is 1.35. The van der Waals surface area contributed by atoms with Crippen molar-refractivity contribution in [3.63, 3.8) is 0 Å². The van der Waals surface area contributed by atoms with Crippen LogP contribution in [0.4, 0.5) is 4.79 Å². The Balaban J connectivity index is 1.64. The normalized spacial score (nSPS) is 14.1. The van der Waals surface area contributed by atoms with E-state index in [1.54, 1.807) is 0 Å². The second-order valence-corrected chi connectivity index (χ2v) is 7.67. The number of fused-ring (bicyclic) bond motifs is 3. The van der Waals surface area contributed by atoms with Crippen LogP contribution < -0.4 is 10.6 Å². The van der Waals surface area contributed by atoms with Crippen LogP contribution in [0.15, 0.2) is 48.5 Å². The number of amides is 2. The maximum Gasteiger partial charge on any atom is 0.407 e. The maximum absolute atomic E-state index is 12.5. The number of carbonyl (C=O) groups excluding carboxylic acids is 2. The third kappa shape index (κ3) is 5.26. The third-order valence-electron chi connectivity index (χ3n) is 5.48. The number of carboxylic acid groups (broad SMARTS) is 1. The molecule has 2 atom stereocenters. The van der Waals surface area contributed by atoms with E-state index in [9.17, 15) is 19.5 Å². The number of methoxy groups -OCH3 is 1. The standard InChI is InChI=1S/C24H28N2O6/c1-3-8-20(22(27)25-21(14-31-2)23(28)29)26-24(30)32-13-19-17-11-6-4-9-15(17)16-10-5-7-12-18(16)19/h4-7,9-12,19-21H,3,8,13-14H2,1-2H3,(H,25,27)(H,26,30)(H,28,29)/t20-,21+/m1/s1. The lowest BCUT2D eigenvalue weighted by Gasteiger charge is -2.21. The monoisotopic (exact) mass is 440 g/mol. The van der Waals surface area contributed by atoms with Crippen molar-refractivity contribution in [2.24, 2.45) is 0 Å². The van der Waals surface area contributed by atoms with E-state index in [1.165, 1.54) is 7.11 Å². The van der Waals surface area contributed by atoms with Crippen LogP contribution in [0.1, 0.15) is 36.8 Å². The van der Waals surface area contributed by atoms with Crippen molar-refractivity contribution in [3.8, 4) is 11.1 Å². The molecule has 1 aliphatic carbocycles. The van der Waals surface area contributed by atoms with Gasteiger partial charge in [-0.05, 0) is 28.7 Å². The van der Waals surface area contributed by atoms with Crippen LogP contribution in [0.25, 0.3) is 11.1 Å². The van der Waals surface area contributed by atoms with Gasteiger partial charge in [0, 0.05) is 13.0 Å². The van der Waals surface area contributed by atoms with Crippen molar-refractivity contribution in [3.05, 3.63) is 59.7 Å². The number of hydrogen-bond acceptors (Lipinski definition) is 5. The van der Waals surface area contributed by atoms with Gasteiger partial charge < -0.3 is 25.2 Å². The van der Waals surface area contributed by atoms with E-state index in [1.807, 2.05) is 43.3 Å². The Morgan fingerprint density at radius 1 is 0.969 bits per heavy atom. The average molecular weight is 440 g/mol. The van der Waals surface area contributed by atoms with Crippen LogP contribution in [0.2, 0.25) is 0 Å². The Kier molecular flexibility index (Phi) is 7.83. The Bertz CT molecular complexity index is 931. The fraction of sp³-hybridized carbons (Fsp3) is 0.375. The number of nitrogens with one attached hydrogen (secondary N) is 2. The van der Waals surface area contributed by atoms with Crippen molar-refractivity contribution in [1.29, 1.82) is 0 Å². The summed E-state index contributed by atoms with van der Waals surface area (Å²) in [5, 5.41) is 14.2. The molecule has 1 aliphatic rings. The summed E-state index contributed by atoms with van der Waals surface area (Å²) in [4.78, 5) is 36.3. The largest absolute Gasteiger partial charge is 0.480 e. The lowest BCUT2D eigenvalue weighted by atomic mass is 9.98. The van der Waals surface area contributed by atoms with Gasteiger partial charge in [0.15, 0.2) is 6.04 Å². The molecular formula is C24H28N2O6. The molecule has 3 N–H and O–H groups in total. The molecule has 2 aromatic carbocycles. The van der Waals surface area contributed by atoms with Crippen LogP contribution in [-0.4, -0.2) is 55.5 Å². The van der Waals surface area contributed by atoms with Gasteiger partial charge in [-0.15, -0.1) is 0 Å². The lowest BCUT2D eigenvalue weighted by molar-refractivity contribution is -0.143. The van der Waals surface area contributed by atoms with Crippen molar-refractivity contribution < 1.29 is 29.0 Å². The van der Waals surface area contributed by atoms with E-state index >= 15 is 0 Å². The average Bonchev–Trinajstić information content (AvgIpc) is 3.10. The molecule has 0 saturated heterocycles. The molecule has 0 bridgehead atoms. The molecule has 0 radical (unpaired) electrons. The molecule has 3 rings (SSSR count). The number of hydrogen-bond donors (Lipinski definition) is 3. The number of aliphatic carboxylic acids is 1. The molecule has 0 spiro atoms. The van der Waals surface area contributed by atoms with Gasteiger partial charge in [-0.1, -0.05) is 61.9 Å². The first-order valence-electron chi connectivity index (χ1n) is 10.6. The van der Waals surface area contributed by atoms with E-state index < -0.39 is 30.1 Å². The van der Waals surface area contributed by atoms with Gasteiger partial charge in [0.25, 0.3) is 0 Å². The molecular weight excluding hydrogens is 412 g/mol. The molecule has 8 nitrogen and oxygen atoms in total. The maximum atomic E-state index is 12.5. The van der Waals surface area contributed by atoms with Gasteiger partial charge in [0.2, 0.25) is 5.91 Å². The molecule has 0 saturated carbocycles. The summed E-state index contributed by atoms with van der Waals surface area (Å²) in [5.41, 5.74) is 4.43. The second-order valence-electron chi connectivity index (χ2n) is 7.67. The molecule has 0 heterocycles. The number of rotatable bonds is 10. The quantitative estimate of drug-likeness (QED) is 0.524. The van der Waals surface area contributed by atoms with Crippen LogP contribution in [0, 0.1) is 0 Å². The molecule has 0 aromatic heterocycles. The minimum Gasteiger partial charge on any atom is -0.480 e. The summed E-state index contributed by atoms with van der Waals surface area (Å²) >= 11 is 0. The zero-order valence-corrected chi connectivity index (χ0v) is 18.2. The van der Waals surface area contributed by atoms with E-state index in [4.69, 9.17) is 9.47 Å². The van der Waals surface area contributed by atoms with E-state index in [-0.39, 0.29) is 19.1 Å². The molecule has 2 aromatic rings. The summed E-state index contributed by atoms with van der Waals surface area (Å²) in [6.45, 7) is 1.82. The van der Waals surface area contributed by atoms with Crippen molar-refractivity contribution >= 4 is 18.0 Å².